The molecule has 0 fully saturated rings. The van der Waals surface area contributed by atoms with Gasteiger partial charge in [0.2, 0.25) is 0 Å². The van der Waals surface area contributed by atoms with Crippen LogP contribution in [-0.2, 0) is 11.8 Å². The summed E-state index contributed by atoms with van der Waals surface area (Å²) < 4.78 is 2.02. The second-order valence-corrected chi connectivity index (χ2v) is 8.47. The molecule has 0 bridgehead atoms. The predicted molar refractivity (Wildman–Crippen MR) is 105 cm³/mol. The van der Waals surface area contributed by atoms with Crippen molar-refractivity contribution in [3.63, 3.8) is 0 Å². The summed E-state index contributed by atoms with van der Waals surface area (Å²) in [7, 11) is 0. The molecule has 0 saturated heterocycles. The lowest BCUT2D eigenvalue weighted by Crippen LogP contribution is -2.42. The lowest BCUT2D eigenvalue weighted by molar-refractivity contribution is 0.233. The van der Waals surface area contributed by atoms with Crippen molar-refractivity contribution in [3.05, 3.63) is 47.3 Å². The van der Waals surface area contributed by atoms with Gasteiger partial charge in [-0.05, 0) is 56.2 Å². The fourth-order valence-electron chi connectivity index (χ4n) is 3.49. The molecule has 1 aromatic heterocycles. The van der Waals surface area contributed by atoms with E-state index < -0.39 is 0 Å². The Morgan fingerprint density at radius 2 is 1.92 bits per heavy atom. The molecule has 1 aromatic carbocycles. The van der Waals surface area contributed by atoms with Crippen LogP contribution in [0, 0.1) is 0 Å². The summed E-state index contributed by atoms with van der Waals surface area (Å²) in [6.07, 6.45) is 4.89. The van der Waals surface area contributed by atoms with Crippen LogP contribution in [0.25, 0.3) is 5.69 Å². The predicted octanol–water partition coefficient (Wildman–Crippen LogP) is 4.25. The molecule has 0 saturated carbocycles. The quantitative estimate of drug-likeness (QED) is 0.865. The summed E-state index contributed by atoms with van der Waals surface area (Å²) in [6.45, 7) is 10.6. The first-order chi connectivity index (χ1) is 12.3. The molecule has 140 valence electrons. The molecule has 0 radical (unpaired) electrons. The van der Waals surface area contributed by atoms with Gasteiger partial charge >= 0.3 is 6.03 Å². The van der Waals surface area contributed by atoms with E-state index in [0.717, 1.165) is 30.5 Å². The van der Waals surface area contributed by atoms with Gasteiger partial charge in [-0.3, -0.25) is 0 Å². The maximum Gasteiger partial charge on any atom is 0.315 e. The molecule has 1 aliphatic rings. The molecule has 2 amide bonds. The third-order valence-corrected chi connectivity index (χ3v) is 4.89. The van der Waals surface area contributed by atoms with Gasteiger partial charge in [0.1, 0.15) is 0 Å². The second-order valence-electron chi connectivity index (χ2n) is 8.47. The number of benzene rings is 1. The summed E-state index contributed by atoms with van der Waals surface area (Å²) >= 11 is 0. The molecular weight excluding hydrogens is 324 g/mol. The number of hydrogen-bond donors (Lipinski definition) is 2. The van der Waals surface area contributed by atoms with Gasteiger partial charge in [-0.2, -0.15) is 5.10 Å². The van der Waals surface area contributed by atoms with E-state index >= 15 is 0 Å². The van der Waals surface area contributed by atoms with E-state index in [1.54, 1.807) is 0 Å². The molecule has 3 rings (SSSR count). The van der Waals surface area contributed by atoms with Crippen molar-refractivity contribution in [3.8, 4) is 5.69 Å². The smallest absolute Gasteiger partial charge is 0.315 e. The average Bonchev–Trinajstić information content (AvgIpc) is 2.98. The minimum Gasteiger partial charge on any atom is -0.336 e. The normalized spacial score (nSPS) is 17.1. The van der Waals surface area contributed by atoms with Gasteiger partial charge < -0.3 is 10.6 Å². The minimum atomic E-state index is -0.111. The Labute approximate surface area is 156 Å². The van der Waals surface area contributed by atoms with Gasteiger partial charge in [0.05, 0.1) is 17.9 Å². The zero-order chi connectivity index (χ0) is 18.9. The standard InChI is InChI=1S/C21H30N4O/c1-14(2)23-20(26)24-18-7-6-8-19-17(18)13-22-25(19)16-11-9-15(10-12-16)21(3,4)5/h9-14,18H,6-8H2,1-5H3,(H2,23,24,26)/t18-/m1/s1. The fraction of sp³-hybridized carbons (Fsp3) is 0.524. The second kappa shape index (κ2) is 7.14. The van der Waals surface area contributed by atoms with Crippen molar-refractivity contribution in [2.45, 2.75) is 71.4 Å². The Bertz CT molecular complexity index is 768. The molecule has 26 heavy (non-hydrogen) atoms. The lowest BCUT2D eigenvalue weighted by atomic mass is 9.87. The number of rotatable bonds is 3. The van der Waals surface area contributed by atoms with E-state index in [9.17, 15) is 4.79 Å². The van der Waals surface area contributed by atoms with Crippen molar-refractivity contribution >= 4 is 6.03 Å². The minimum absolute atomic E-state index is 0.0279. The molecule has 5 nitrogen and oxygen atoms in total. The summed E-state index contributed by atoms with van der Waals surface area (Å²) in [4.78, 5) is 12.1. The number of hydrogen-bond acceptors (Lipinski definition) is 2. The van der Waals surface area contributed by atoms with Crippen LogP contribution in [-0.4, -0.2) is 21.9 Å². The van der Waals surface area contributed by atoms with E-state index in [-0.39, 0.29) is 23.5 Å². The Balaban J connectivity index is 1.83. The van der Waals surface area contributed by atoms with Gasteiger partial charge in [0.25, 0.3) is 0 Å². The van der Waals surface area contributed by atoms with E-state index in [1.807, 2.05) is 24.7 Å². The maximum atomic E-state index is 12.1. The van der Waals surface area contributed by atoms with Crippen LogP contribution >= 0.6 is 0 Å². The third-order valence-electron chi connectivity index (χ3n) is 4.89. The number of amides is 2. The Morgan fingerprint density at radius 3 is 2.54 bits per heavy atom. The molecule has 2 aromatic rings. The van der Waals surface area contributed by atoms with Crippen LogP contribution in [0.5, 0.6) is 0 Å². The average molecular weight is 354 g/mol. The number of carbonyl (C=O) groups excluding carboxylic acids is 1. The van der Waals surface area contributed by atoms with Crippen molar-refractivity contribution < 1.29 is 4.79 Å². The monoisotopic (exact) mass is 354 g/mol. The van der Waals surface area contributed by atoms with E-state index in [2.05, 4.69) is 60.8 Å². The van der Waals surface area contributed by atoms with Crippen molar-refractivity contribution in [1.82, 2.24) is 20.4 Å². The summed E-state index contributed by atoms with van der Waals surface area (Å²) in [5.74, 6) is 0. The Kier molecular flexibility index (Phi) is 5.08. The molecule has 0 unspecified atom stereocenters. The highest BCUT2D eigenvalue weighted by Crippen LogP contribution is 2.31. The van der Waals surface area contributed by atoms with Gasteiger partial charge in [-0.25, -0.2) is 9.48 Å². The van der Waals surface area contributed by atoms with Crippen molar-refractivity contribution in [1.29, 1.82) is 0 Å². The van der Waals surface area contributed by atoms with Crippen LogP contribution in [0.1, 0.15) is 70.3 Å². The Morgan fingerprint density at radius 1 is 1.23 bits per heavy atom. The first-order valence-corrected chi connectivity index (χ1v) is 9.50. The molecule has 2 N–H and O–H groups in total. The highest BCUT2D eigenvalue weighted by molar-refractivity contribution is 5.74. The molecule has 1 aliphatic carbocycles. The van der Waals surface area contributed by atoms with E-state index in [1.165, 1.54) is 11.3 Å². The number of nitrogens with zero attached hydrogens (tertiary/aromatic N) is 2. The number of nitrogens with one attached hydrogen (secondary N) is 2. The van der Waals surface area contributed by atoms with Gasteiger partial charge in [-0.1, -0.05) is 32.9 Å². The maximum absolute atomic E-state index is 12.1. The highest BCUT2D eigenvalue weighted by atomic mass is 16.2. The van der Waals surface area contributed by atoms with Crippen molar-refractivity contribution in [2.24, 2.45) is 0 Å². The van der Waals surface area contributed by atoms with E-state index in [4.69, 9.17) is 0 Å². The van der Waals surface area contributed by atoms with Crippen LogP contribution < -0.4 is 10.6 Å². The van der Waals surface area contributed by atoms with Crippen LogP contribution in [0.4, 0.5) is 4.79 Å². The fourth-order valence-corrected chi connectivity index (χ4v) is 3.49. The van der Waals surface area contributed by atoms with Crippen LogP contribution in [0.15, 0.2) is 30.5 Å². The largest absolute Gasteiger partial charge is 0.336 e. The molecule has 5 heteroatoms. The van der Waals surface area contributed by atoms with Gasteiger partial charge in [0.15, 0.2) is 0 Å². The molecule has 1 heterocycles. The van der Waals surface area contributed by atoms with E-state index in [0.29, 0.717) is 0 Å². The highest BCUT2D eigenvalue weighted by Gasteiger charge is 2.26. The molecule has 1 atom stereocenters. The summed E-state index contributed by atoms with van der Waals surface area (Å²) in [5, 5.41) is 10.6. The first kappa shape index (κ1) is 18.5. The van der Waals surface area contributed by atoms with Gasteiger partial charge in [-0.15, -0.1) is 0 Å². The lowest BCUT2D eigenvalue weighted by Gasteiger charge is -2.25. The number of carbonyl (C=O) groups is 1. The topological polar surface area (TPSA) is 59.0 Å². The SMILES string of the molecule is CC(C)NC(=O)N[C@@H]1CCCc2c1cnn2-c1ccc(C(C)(C)C)cc1. The first-order valence-electron chi connectivity index (χ1n) is 9.50. The summed E-state index contributed by atoms with van der Waals surface area (Å²) in [5.41, 5.74) is 4.87. The zero-order valence-corrected chi connectivity index (χ0v) is 16.5. The van der Waals surface area contributed by atoms with Crippen LogP contribution in [0.3, 0.4) is 0 Å². The number of fused-ring (bicyclic) bond motifs is 1. The van der Waals surface area contributed by atoms with Crippen molar-refractivity contribution in [2.75, 3.05) is 0 Å². The third kappa shape index (κ3) is 3.92. The molecule has 0 aliphatic heterocycles. The molecule has 0 spiro atoms. The summed E-state index contributed by atoms with van der Waals surface area (Å²) in [6, 6.07) is 8.67. The van der Waals surface area contributed by atoms with Crippen LogP contribution in [0.2, 0.25) is 0 Å². The zero-order valence-electron chi connectivity index (χ0n) is 16.5. The molecular formula is C21H30N4O. The number of urea groups is 1. The number of aromatic nitrogens is 2. The van der Waals surface area contributed by atoms with Gasteiger partial charge in [0, 0.05) is 17.3 Å². The Hall–Kier alpha value is -2.30.